The molecule has 0 bridgehead atoms. The highest BCUT2D eigenvalue weighted by molar-refractivity contribution is 5.23. The maximum Gasteiger partial charge on any atom is 0.0641 e. The summed E-state index contributed by atoms with van der Waals surface area (Å²) >= 11 is 0. The fraction of sp³-hybridized carbons (Fsp3) is 0.455. The molecule has 2 heterocycles. The summed E-state index contributed by atoms with van der Waals surface area (Å²) in [6.07, 6.45) is 3.74. The molecule has 0 fully saturated rings. The molecule has 0 atom stereocenters. The van der Waals surface area contributed by atoms with Gasteiger partial charge >= 0.3 is 0 Å². The molecule has 0 aromatic carbocycles. The first-order valence-corrected chi connectivity index (χ1v) is 5.42. The van der Waals surface area contributed by atoms with Crippen molar-refractivity contribution in [2.75, 3.05) is 0 Å². The molecule has 0 saturated heterocycles. The smallest absolute Gasteiger partial charge is 0.0641 e. The first-order valence-electron chi connectivity index (χ1n) is 5.42. The third-order valence-electron chi connectivity index (χ3n) is 2.84. The van der Waals surface area contributed by atoms with Gasteiger partial charge in [-0.15, -0.1) is 0 Å². The lowest BCUT2D eigenvalue weighted by atomic mass is 10.2. The number of aromatic nitrogens is 4. The van der Waals surface area contributed by atoms with Crippen molar-refractivity contribution in [2.24, 2.45) is 5.73 Å². The molecule has 0 unspecified atom stereocenters. The molecule has 0 spiro atoms. The minimum Gasteiger partial charge on any atom is -0.326 e. The predicted octanol–water partition coefficient (Wildman–Crippen LogP) is 0.855. The summed E-state index contributed by atoms with van der Waals surface area (Å²) in [6.45, 7) is 6.28. The average molecular weight is 219 g/mol. The average Bonchev–Trinajstić information content (AvgIpc) is 2.85. The third-order valence-corrected chi connectivity index (χ3v) is 2.84. The molecule has 0 aliphatic rings. The topological polar surface area (TPSA) is 61.7 Å². The molecule has 2 aromatic rings. The molecule has 16 heavy (non-hydrogen) atoms. The van der Waals surface area contributed by atoms with Gasteiger partial charge in [0.15, 0.2) is 0 Å². The van der Waals surface area contributed by atoms with Crippen molar-refractivity contribution in [1.82, 2.24) is 19.6 Å². The number of nitrogens with zero attached hydrogens (tertiary/aromatic N) is 4. The van der Waals surface area contributed by atoms with Gasteiger partial charge in [0.25, 0.3) is 0 Å². The van der Waals surface area contributed by atoms with Crippen LogP contribution in [-0.2, 0) is 19.6 Å². The minimum absolute atomic E-state index is 0.555. The number of rotatable bonds is 4. The Morgan fingerprint density at radius 1 is 1.31 bits per heavy atom. The highest BCUT2D eigenvalue weighted by atomic mass is 15.3. The molecule has 5 heteroatoms. The van der Waals surface area contributed by atoms with Crippen LogP contribution in [0.3, 0.4) is 0 Å². The van der Waals surface area contributed by atoms with Crippen LogP contribution in [0, 0.1) is 13.8 Å². The van der Waals surface area contributed by atoms with Crippen molar-refractivity contribution in [3.05, 3.63) is 35.4 Å². The Hall–Kier alpha value is -1.62. The van der Waals surface area contributed by atoms with Crippen molar-refractivity contribution in [3.8, 4) is 0 Å². The largest absolute Gasteiger partial charge is 0.326 e. The first kappa shape index (κ1) is 10.9. The SMILES string of the molecule is Cc1nn(CCn2cccn2)c(C)c1CN. The van der Waals surface area contributed by atoms with Crippen LogP contribution < -0.4 is 5.73 Å². The van der Waals surface area contributed by atoms with E-state index in [0.717, 1.165) is 30.0 Å². The molecule has 5 nitrogen and oxygen atoms in total. The van der Waals surface area contributed by atoms with E-state index in [2.05, 4.69) is 17.1 Å². The number of hydrogen-bond acceptors (Lipinski definition) is 3. The fourth-order valence-electron chi connectivity index (χ4n) is 1.88. The zero-order valence-corrected chi connectivity index (χ0v) is 9.72. The molecule has 2 rings (SSSR count). The van der Waals surface area contributed by atoms with E-state index in [1.807, 2.05) is 28.6 Å². The summed E-state index contributed by atoms with van der Waals surface area (Å²) in [5.41, 5.74) is 9.03. The highest BCUT2D eigenvalue weighted by Gasteiger charge is 2.09. The quantitative estimate of drug-likeness (QED) is 0.829. The summed E-state index contributed by atoms with van der Waals surface area (Å²) in [5.74, 6) is 0. The maximum atomic E-state index is 5.68. The van der Waals surface area contributed by atoms with Crippen LogP contribution in [-0.4, -0.2) is 19.6 Å². The Balaban J connectivity index is 2.10. The van der Waals surface area contributed by atoms with Crippen LogP contribution >= 0.6 is 0 Å². The van der Waals surface area contributed by atoms with Gasteiger partial charge in [0.05, 0.1) is 18.8 Å². The summed E-state index contributed by atoms with van der Waals surface area (Å²) in [5, 5.41) is 8.64. The van der Waals surface area contributed by atoms with Gasteiger partial charge in [-0.05, 0) is 19.9 Å². The standard InChI is InChI=1S/C11H17N5/c1-9-11(8-12)10(2)16(14-9)7-6-15-5-3-4-13-15/h3-5H,6-8,12H2,1-2H3. The second-order valence-corrected chi connectivity index (χ2v) is 3.85. The zero-order chi connectivity index (χ0) is 11.5. The summed E-state index contributed by atoms with van der Waals surface area (Å²) < 4.78 is 3.90. The van der Waals surface area contributed by atoms with E-state index >= 15 is 0 Å². The van der Waals surface area contributed by atoms with E-state index < -0.39 is 0 Å². The number of hydrogen-bond donors (Lipinski definition) is 1. The lowest BCUT2D eigenvalue weighted by molar-refractivity contribution is 0.490. The lowest BCUT2D eigenvalue weighted by Gasteiger charge is -2.05. The van der Waals surface area contributed by atoms with Crippen molar-refractivity contribution >= 4 is 0 Å². The van der Waals surface area contributed by atoms with E-state index in [0.29, 0.717) is 6.54 Å². The normalized spacial score (nSPS) is 10.9. The Morgan fingerprint density at radius 3 is 2.69 bits per heavy atom. The van der Waals surface area contributed by atoms with Gasteiger partial charge in [-0.25, -0.2) is 0 Å². The Morgan fingerprint density at radius 2 is 2.12 bits per heavy atom. The number of aryl methyl sites for hydroxylation is 3. The fourth-order valence-corrected chi connectivity index (χ4v) is 1.88. The van der Waals surface area contributed by atoms with Crippen molar-refractivity contribution in [2.45, 2.75) is 33.5 Å². The Labute approximate surface area is 94.9 Å². The van der Waals surface area contributed by atoms with E-state index in [9.17, 15) is 0 Å². The summed E-state index contributed by atoms with van der Waals surface area (Å²) in [4.78, 5) is 0. The molecular weight excluding hydrogens is 202 g/mol. The van der Waals surface area contributed by atoms with Crippen molar-refractivity contribution in [3.63, 3.8) is 0 Å². The van der Waals surface area contributed by atoms with E-state index in [4.69, 9.17) is 5.73 Å². The second-order valence-electron chi connectivity index (χ2n) is 3.85. The second kappa shape index (κ2) is 4.49. The van der Waals surface area contributed by atoms with Gasteiger partial charge in [-0.2, -0.15) is 10.2 Å². The zero-order valence-electron chi connectivity index (χ0n) is 9.72. The molecule has 0 aliphatic carbocycles. The maximum absolute atomic E-state index is 5.68. The van der Waals surface area contributed by atoms with Gasteiger partial charge in [0, 0.05) is 30.2 Å². The number of nitrogens with two attached hydrogens (primary N) is 1. The molecular formula is C11H17N5. The minimum atomic E-state index is 0.555. The molecule has 0 aliphatic heterocycles. The molecule has 86 valence electrons. The van der Waals surface area contributed by atoms with Crippen LogP contribution in [0.15, 0.2) is 18.5 Å². The van der Waals surface area contributed by atoms with Gasteiger partial charge in [0.1, 0.15) is 0 Å². The monoisotopic (exact) mass is 219 g/mol. The molecule has 2 aromatic heterocycles. The van der Waals surface area contributed by atoms with Crippen LogP contribution in [0.2, 0.25) is 0 Å². The van der Waals surface area contributed by atoms with Crippen LogP contribution in [0.25, 0.3) is 0 Å². The van der Waals surface area contributed by atoms with Crippen molar-refractivity contribution in [1.29, 1.82) is 0 Å². The molecule has 0 amide bonds. The molecule has 2 N–H and O–H groups in total. The summed E-state index contributed by atoms with van der Waals surface area (Å²) in [7, 11) is 0. The molecule has 0 radical (unpaired) electrons. The predicted molar refractivity (Wildman–Crippen MR) is 61.8 cm³/mol. The first-order chi connectivity index (χ1) is 7.72. The third kappa shape index (κ3) is 1.99. The van der Waals surface area contributed by atoms with E-state index in [-0.39, 0.29) is 0 Å². The summed E-state index contributed by atoms with van der Waals surface area (Å²) in [6, 6.07) is 1.92. The lowest BCUT2D eigenvalue weighted by Crippen LogP contribution is -2.10. The van der Waals surface area contributed by atoms with Crippen LogP contribution in [0.5, 0.6) is 0 Å². The highest BCUT2D eigenvalue weighted by Crippen LogP contribution is 2.11. The van der Waals surface area contributed by atoms with Crippen LogP contribution in [0.1, 0.15) is 17.0 Å². The van der Waals surface area contributed by atoms with E-state index in [1.165, 1.54) is 0 Å². The van der Waals surface area contributed by atoms with Gasteiger partial charge in [-0.3, -0.25) is 9.36 Å². The Kier molecular flexibility index (Phi) is 3.05. The van der Waals surface area contributed by atoms with Gasteiger partial charge in [-0.1, -0.05) is 0 Å². The Bertz CT molecular complexity index is 455. The van der Waals surface area contributed by atoms with Crippen LogP contribution in [0.4, 0.5) is 0 Å². The van der Waals surface area contributed by atoms with Crippen molar-refractivity contribution < 1.29 is 0 Å². The van der Waals surface area contributed by atoms with Gasteiger partial charge in [0.2, 0.25) is 0 Å². The van der Waals surface area contributed by atoms with Gasteiger partial charge < -0.3 is 5.73 Å². The molecule has 0 saturated carbocycles. The van der Waals surface area contributed by atoms with E-state index in [1.54, 1.807) is 6.20 Å².